The van der Waals surface area contributed by atoms with Gasteiger partial charge < -0.3 is 15.0 Å². The van der Waals surface area contributed by atoms with Crippen LogP contribution < -0.4 is 10.1 Å². The van der Waals surface area contributed by atoms with Crippen molar-refractivity contribution < 1.29 is 9.53 Å². The Morgan fingerprint density at radius 2 is 1.84 bits per heavy atom. The molecule has 1 amide bonds. The molecule has 102 valence electrons. The Kier molecular flexibility index (Phi) is 3.42. The second kappa shape index (κ2) is 5.21. The number of para-hydroxylation sites is 1. The minimum atomic E-state index is -0.252. The minimum Gasteiger partial charge on any atom is -0.410 e. The van der Waals surface area contributed by atoms with Crippen molar-refractivity contribution in [2.45, 2.75) is 43.8 Å². The average Bonchev–Trinajstić information content (AvgIpc) is 2.77. The molecule has 2 saturated heterocycles. The molecule has 2 atom stereocenters. The third kappa shape index (κ3) is 2.73. The van der Waals surface area contributed by atoms with Crippen LogP contribution in [0.5, 0.6) is 5.75 Å². The molecule has 4 heteroatoms. The lowest BCUT2D eigenvalue weighted by molar-refractivity contribution is 0.127. The molecule has 0 saturated carbocycles. The third-order valence-electron chi connectivity index (χ3n) is 4.23. The zero-order chi connectivity index (χ0) is 13.2. The number of piperidine rings is 1. The highest BCUT2D eigenvalue weighted by Gasteiger charge is 2.36. The summed E-state index contributed by atoms with van der Waals surface area (Å²) in [6.07, 6.45) is 4.30. The summed E-state index contributed by atoms with van der Waals surface area (Å²) < 4.78 is 5.39. The number of ether oxygens (including phenoxy) is 1. The van der Waals surface area contributed by atoms with Crippen LogP contribution in [-0.4, -0.2) is 36.2 Å². The molecule has 1 N–H and O–H groups in total. The van der Waals surface area contributed by atoms with Crippen LogP contribution in [0.15, 0.2) is 30.3 Å². The van der Waals surface area contributed by atoms with Gasteiger partial charge in [0.25, 0.3) is 0 Å². The predicted octanol–water partition coefficient (Wildman–Crippen LogP) is 2.40. The molecule has 0 aliphatic carbocycles. The quantitative estimate of drug-likeness (QED) is 0.887. The molecule has 0 aromatic heterocycles. The fourth-order valence-corrected chi connectivity index (χ4v) is 3.15. The van der Waals surface area contributed by atoms with Crippen LogP contribution in [0.2, 0.25) is 0 Å². The van der Waals surface area contributed by atoms with Gasteiger partial charge in [-0.2, -0.15) is 0 Å². The molecule has 19 heavy (non-hydrogen) atoms. The second-order valence-electron chi connectivity index (χ2n) is 5.56. The topological polar surface area (TPSA) is 41.6 Å². The van der Waals surface area contributed by atoms with E-state index in [-0.39, 0.29) is 6.09 Å². The predicted molar refractivity (Wildman–Crippen MR) is 73.2 cm³/mol. The Morgan fingerprint density at radius 3 is 2.47 bits per heavy atom. The van der Waals surface area contributed by atoms with E-state index in [1.165, 1.54) is 12.8 Å². The van der Waals surface area contributed by atoms with Crippen LogP contribution in [0.3, 0.4) is 0 Å². The van der Waals surface area contributed by atoms with Gasteiger partial charge in [0.2, 0.25) is 0 Å². The largest absolute Gasteiger partial charge is 0.415 e. The number of benzene rings is 1. The molecule has 3 rings (SSSR count). The number of carbonyl (C=O) groups is 1. The molecule has 0 spiro atoms. The van der Waals surface area contributed by atoms with Gasteiger partial charge in [0, 0.05) is 25.2 Å². The highest BCUT2D eigenvalue weighted by Crippen LogP contribution is 2.29. The van der Waals surface area contributed by atoms with E-state index < -0.39 is 0 Å². The molecule has 4 nitrogen and oxygen atoms in total. The number of amides is 1. The monoisotopic (exact) mass is 260 g/mol. The smallest absolute Gasteiger partial charge is 0.410 e. The first kappa shape index (κ1) is 12.5. The number of fused-ring (bicyclic) bond motifs is 2. The van der Waals surface area contributed by atoms with E-state index >= 15 is 0 Å². The highest BCUT2D eigenvalue weighted by molar-refractivity contribution is 5.70. The Hall–Kier alpha value is -1.55. The number of rotatable bonds is 2. The van der Waals surface area contributed by atoms with Gasteiger partial charge in [-0.3, -0.25) is 0 Å². The molecule has 1 aromatic rings. The van der Waals surface area contributed by atoms with Crippen molar-refractivity contribution in [2.75, 3.05) is 7.05 Å². The van der Waals surface area contributed by atoms with Crippen molar-refractivity contribution in [3.63, 3.8) is 0 Å². The van der Waals surface area contributed by atoms with E-state index in [4.69, 9.17) is 4.74 Å². The number of nitrogens with one attached hydrogen (secondary N) is 1. The van der Waals surface area contributed by atoms with E-state index in [1.807, 2.05) is 25.2 Å². The molecule has 0 radical (unpaired) electrons. The zero-order valence-corrected chi connectivity index (χ0v) is 11.2. The number of hydrogen-bond donors (Lipinski definition) is 1. The van der Waals surface area contributed by atoms with Crippen LogP contribution in [0.4, 0.5) is 4.79 Å². The summed E-state index contributed by atoms with van der Waals surface area (Å²) in [5, 5.41) is 3.58. The summed E-state index contributed by atoms with van der Waals surface area (Å²) in [7, 11) is 1.85. The maximum Gasteiger partial charge on any atom is 0.415 e. The lowest BCUT2D eigenvalue weighted by Crippen LogP contribution is -2.49. The Labute approximate surface area is 113 Å². The van der Waals surface area contributed by atoms with Crippen molar-refractivity contribution in [3.05, 3.63) is 30.3 Å². The Bertz CT molecular complexity index is 437. The van der Waals surface area contributed by atoms with Crippen LogP contribution in [0.1, 0.15) is 25.7 Å². The SMILES string of the molecule is CN(C(=O)Oc1ccccc1)C1CC2CCC(C1)N2. The molecule has 2 heterocycles. The van der Waals surface area contributed by atoms with E-state index in [2.05, 4.69) is 5.32 Å². The van der Waals surface area contributed by atoms with E-state index in [9.17, 15) is 4.79 Å². The molecule has 2 aliphatic rings. The molecule has 2 fully saturated rings. The maximum absolute atomic E-state index is 12.1. The minimum absolute atomic E-state index is 0.252. The number of carbonyl (C=O) groups excluding carboxylic acids is 1. The van der Waals surface area contributed by atoms with Crippen LogP contribution >= 0.6 is 0 Å². The number of nitrogens with zero attached hydrogens (tertiary/aromatic N) is 1. The van der Waals surface area contributed by atoms with Crippen LogP contribution in [0, 0.1) is 0 Å². The lowest BCUT2D eigenvalue weighted by Gasteiger charge is -2.34. The van der Waals surface area contributed by atoms with Crippen molar-refractivity contribution in [2.24, 2.45) is 0 Å². The van der Waals surface area contributed by atoms with Crippen molar-refractivity contribution in [3.8, 4) is 5.75 Å². The standard InChI is InChI=1S/C15H20N2O2/c1-17(13-9-11-7-8-12(10-13)16-11)15(18)19-14-5-3-2-4-6-14/h2-6,11-13,16H,7-10H2,1H3. The summed E-state index contributed by atoms with van der Waals surface area (Å²) in [5.41, 5.74) is 0. The fraction of sp³-hybridized carbons (Fsp3) is 0.533. The number of hydrogen-bond acceptors (Lipinski definition) is 3. The lowest BCUT2D eigenvalue weighted by atomic mass is 9.99. The zero-order valence-electron chi connectivity index (χ0n) is 11.2. The van der Waals surface area contributed by atoms with Crippen molar-refractivity contribution in [1.29, 1.82) is 0 Å². The summed E-state index contributed by atoms with van der Waals surface area (Å²) in [5.74, 6) is 0.608. The molecular formula is C15H20N2O2. The van der Waals surface area contributed by atoms with Gasteiger partial charge >= 0.3 is 6.09 Å². The van der Waals surface area contributed by atoms with Gasteiger partial charge in [0.1, 0.15) is 5.75 Å². The Morgan fingerprint density at radius 1 is 1.21 bits per heavy atom. The molecule has 2 unspecified atom stereocenters. The van der Waals surface area contributed by atoms with Gasteiger partial charge in [-0.05, 0) is 37.8 Å². The third-order valence-corrected chi connectivity index (χ3v) is 4.23. The first-order chi connectivity index (χ1) is 9.22. The van der Waals surface area contributed by atoms with Gasteiger partial charge in [-0.25, -0.2) is 4.79 Å². The maximum atomic E-state index is 12.1. The van der Waals surface area contributed by atoms with Crippen LogP contribution in [0.25, 0.3) is 0 Å². The van der Waals surface area contributed by atoms with Gasteiger partial charge in [-0.1, -0.05) is 18.2 Å². The highest BCUT2D eigenvalue weighted by atomic mass is 16.6. The second-order valence-corrected chi connectivity index (χ2v) is 5.56. The first-order valence-corrected chi connectivity index (χ1v) is 6.98. The molecular weight excluding hydrogens is 240 g/mol. The van der Waals surface area contributed by atoms with Crippen molar-refractivity contribution in [1.82, 2.24) is 10.2 Å². The van der Waals surface area contributed by atoms with Gasteiger partial charge in [0.05, 0.1) is 0 Å². The first-order valence-electron chi connectivity index (χ1n) is 6.98. The summed E-state index contributed by atoms with van der Waals surface area (Å²) in [6, 6.07) is 10.7. The van der Waals surface area contributed by atoms with Crippen molar-refractivity contribution >= 4 is 6.09 Å². The normalized spacial score (nSPS) is 29.0. The van der Waals surface area contributed by atoms with E-state index in [0.717, 1.165) is 12.8 Å². The summed E-state index contributed by atoms with van der Waals surface area (Å²) >= 11 is 0. The van der Waals surface area contributed by atoms with E-state index in [0.29, 0.717) is 23.9 Å². The fourth-order valence-electron chi connectivity index (χ4n) is 3.15. The van der Waals surface area contributed by atoms with E-state index in [1.54, 1.807) is 17.0 Å². The molecule has 1 aromatic carbocycles. The Balaban J connectivity index is 1.60. The van der Waals surface area contributed by atoms with Crippen LogP contribution in [-0.2, 0) is 0 Å². The van der Waals surface area contributed by atoms with Gasteiger partial charge in [0.15, 0.2) is 0 Å². The summed E-state index contributed by atoms with van der Waals surface area (Å²) in [4.78, 5) is 13.9. The molecule has 2 bridgehead atoms. The summed E-state index contributed by atoms with van der Waals surface area (Å²) in [6.45, 7) is 0. The average molecular weight is 260 g/mol. The van der Waals surface area contributed by atoms with Gasteiger partial charge in [-0.15, -0.1) is 0 Å². The molecule has 2 aliphatic heterocycles.